The van der Waals surface area contributed by atoms with Crippen LogP contribution in [0.2, 0.25) is 0 Å². The Labute approximate surface area is 121 Å². The molecule has 0 aliphatic heterocycles. The fourth-order valence-corrected chi connectivity index (χ4v) is 2.88. The third-order valence-electron chi connectivity index (χ3n) is 2.91. The van der Waals surface area contributed by atoms with Crippen molar-refractivity contribution in [2.75, 3.05) is 19.1 Å². The minimum atomic E-state index is -0.263. The Morgan fingerprint density at radius 3 is 2.80 bits per heavy atom. The zero-order valence-corrected chi connectivity index (χ0v) is 12.2. The first-order valence-electron chi connectivity index (χ1n) is 6.09. The van der Waals surface area contributed by atoms with Crippen molar-refractivity contribution in [1.29, 1.82) is 0 Å². The molecule has 1 amide bonds. The molecule has 0 spiro atoms. The highest BCUT2D eigenvalue weighted by molar-refractivity contribution is 7.14. The normalized spacial score (nSPS) is 10.2. The largest absolute Gasteiger partial charge is 0.495 e. The van der Waals surface area contributed by atoms with Gasteiger partial charge < -0.3 is 9.64 Å². The van der Waals surface area contributed by atoms with Gasteiger partial charge in [0.2, 0.25) is 0 Å². The lowest BCUT2D eigenvalue weighted by molar-refractivity contribution is 0.0957. The number of benzene rings is 1. The van der Waals surface area contributed by atoms with Crippen molar-refractivity contribution in [3.63, 3.8) is 0 Å². The smallest absolute Gasteiger partial charge is 0.275 e. The van der Waals surface area contributed by atoms with E-state index in [-0.39, 0.29) is 5.91 Å². The number of anilines is 1. The molecule has 5 nitrogen and oxygen atoms in total. The number of carbonyl (C=O) groups is 1. The second-order valence-electron chi connectivity index (χ2n) is 4.27. The van der Waals surface area contributed by atoms with Crippen LogP contribution in [0.15, 0.2) is 36.4 Å². The molecule has 1 aromatic carbocycles. The number of ether oxygens (including phenoxy) is 1. The molecular formula is C14H17N3O2S. The van der Waals surface area contributed by atoms with E-state index in [1.54, 1.807) is 13.2 Å². The molecule has 20 heavy (non-hydrogen) atoms. The molecule has 0 bridgehead atoms. The highest BCUT2D eigenvalue weighted by Crippen LogP contribution is 2.28. The van der Waals surface area contributed by atoms with Crippen LogP contribution < -0.4 is 20.9 Å². The van der Waals surface area contributed by atoms with Gasteiger partial charge >= 0.3 is 0 Å². The number of hydrogen-bond donors (Lipinski definition) is 2. The zero-order chi connectivity index (χ0) is 14.5. The van der Waals surface area contributed by atoms with Crippen LogP contribution in [-0.4, -0.2) is 20.1 Å². The Hall–Kier alpha value is -2.05. The monoisotopic (exact) mass is 291 g/mol. The first kappa shape index (κ1) is 14.4. The molecule has 106 valence electrons. The number of amides is 1. The van der Waals surface area contributed by atoms with Crippen molar-refractivity contribution < 1.29 is 9.53 Å². The van der Waals surface area contributed by atoms with Gasteiger partial charge in [0.25, 0.3) is 5.91 Å². The maximum atomic E-state index is 11.4. The summed E-state index contributed by atoms with van der Waals surface area (Å²) in [5.74, 6) is 5.69. The molecule has 0 fully saturated rings. The number of rotatable bonds is 5. The van der Waals surface area contributed by atoms with Gasteiger partial charge in [-0.05, 0) is 24.3 Å². The van der Waals surface area contributed by atoms with Gasteiger partial charge in [-0.1, -0.05) is 12.1 Å². The van der Waals surface area contributed by atoms with Crippen LogP contribution in [0.3, 0.4) is 0 Å². The van der Waals surface area contributed by atoms with E-state index in [0.29, 0.717) is 11.4 Å². The molecule has 2 aromatic rings. The van der Waals surface area contributed by atoms with E-state index in [1.807, 2.05) is 37.4 Å². The second kappa shape index (κ2) is 6.40. The van der Waals surface area contributed by atoms with Gasteiger partial charge in [-0.25, -0.2) is 5.84 Å². The van der Waals surface area contributed by atoms with E-state index in [4.69, 9.17) is 10.6 Å². The number of nitrogen functional groups attached to an aromatic ring is 1. The molecule has 1 aromatic heterocycles. The number of nitrogens with zero attached hydrogens (tertiary/aromatic N) is 1. The third kappa shape index (κ3) is 3.09. The fourth-order valence-electron chi connectivity index (χ4n) is 1.92. The first-order valence-corrected chi connectivity index (χ1v) is 6.91. The summed E-state index contributed by atoms with van der Waals surface area (Å²) in [5, 5.41) is 0. The number of nitrogens with two attached hydrogens (primary N) is 1. The summed E-state index contributed by atoms with van der Waals surface area (Å²) in [6.07, 6.45) is 0. The average Bonchev–Trinajstić information content (AvgIpc) is 2.94. The SMILES string of the molecule is COc1ccccc1N(C)Cc1ccc(C(=O)NN)s1. The van der Waals surface area contributed by atoms with Gasteiger partial charge in [0.05, 0.1) is 24.2 Å². The molecule has 0 saturated carbocycles. The van der Waals surface area contributed by atoms with Crippen molar-refractivity contribution in [2.24, 2.45) is 5.84 Å². The highest BCUT2D eigenvalue weighted by Gasteiger charge is 2.11. The maximum Gasteiger partial charge on any atom is 0.275 e. The van der Waals surface area contributed by atoms with E-state index >= 15 is 0 Å². The lowest BCUT2D eigenvalue weighted by atomic mass is 10.2. The predicted octanol–water partition coefficient (Wildman–Crippen LogP) is 2.00. The molecule has 0 aliphatic rings. The molecular weight excluding hydrogens is 274 g/mol. The number of methoxy groups -OCH3 is 1. The number of thiophene rings is 1. The second-order valence-corrected chi connectivity index (χ2v) is 5.44. The topological polar surface area (TPSA) is 67.6 Å². The minimum Gasteiger partial charge on any atom is -0.495 e. The minimum absolute atomic E-state index is 0.263. The molecule has 0 unspecified atom stereocenters. The van der Waals surface area contributed by atoms with Crippen LogP contribution in [0.5, 0.6) is 5.75 Å². The molecule has 0 atom stereocenters. The van der Waals surface area contributed by atoms with Gasteiger partial charge in [-0.3, -0.25) is 10.2 Å². The van der Waals surface area contributed by atoms with E-state index in [2.05, 4.69) is 10.3 Å². The quantitative estimate of drug-likeness (QED) is 0.502. The zero-order valence-electron chi connectivity index (χ0n) is 11.4. The predicted molar refractivity (Wildman–Crippen MR) is 81.1 cm³/mol. The van der Waals surface area contributed by atoms with Crippen LogP contribution in [0, 0.1) is 0 Å². The van der Waals surface area contributed by atoms with E-state index < -0.39 is 0 Å². The average molecular weight is 291 g/mol. The number of hydrogen-bond acceptors (Lipinski definition) is 5. The number of para-hydroxylation sites is 2. The van der Waals surface area contributed by atoms with E-state index in [0.717, 1.165) is 16.3 Å². The van der Waals surface area contributed by atoms with Crippen molar-refractivity contribution in [3.05, 3.63) is 46.2 Å². The molecule has 1 heterocycles. The number of carbonyl (C=O) groups excluding carboxylic acids is 1. The lowest BCUT2D eigenvalue weighted by Gasteiger charge is -2.20. The van der Waals surface area contributed by atoms with Crippen LogP contribution in [0.25, 0.3) is 0 Å². The summed E-state index contributed by atoms with van der Waals surface area (Å²) < 4.78 is 5.35. The van der Waals surface area contributed by atoms with E-state index in [1.165, 1.54) is 11.3 Å². The van der Waals surface area contributed by atoms with Gasteiger partial charge in [-0.15, -0.1) is 11.3 Å². The molecule has 0 aliphatic carbocycles. The molecule has 0 saturated heterocycles. The Bertz CT molecular complexity index is 598. The number of nitrogens with one attached hydrogen (secondary N) is 1. The van der Waals surface area contributed by atoms with Gasteiger partial charge in [0.1, 0.15) is 5.75 Å². The summed E-state index contributed by atoms with van der Waals surface area (Å²) in [7, 11) is 3.64. The van der Waals surface area contributed by atoms with Crippen molar-refractivity contribution in [3.8, 4) is 5.75 Å². The van der Waals surface area contributed by atoms with Crippen LogP contribution in [-0.2, 0) is 6.54 Å². The summed E-state index contributed by atoms with van der Waals surface area (Å²) in [6.45, 7) is 0.697. The van der Waals surface area contributed by atoms with Crippen molar-refractivity contribution in [2.45, 2.75) is 6.54 Å². The fraction of sp³-hybridized carbons (Fsp3) is 0.214. The Balaban J connectivity index is 2.13. The summed E-state index contributed by atoms with van der Waals surface area (Å²) in [6, 6.07) is 11.5. The first-order chi connectivity index (χ1) is 9.65. The highest BCUT2D eigenvalue weighted by atomic mass is 32.1. The third-order valence-corrected chi connectivity index (χ3v) is 3.97. The van der Waals surface area contributed by atoms with E-state index in [9.17, 15) is 4.79 Å². The Kier molecular flexibility index (Phi) is 4.60. The van der Waals surface area contributed by atoms with Crippen molar-refractivity contribution in [1.82, 2.24) is 5.43 Å². The molecule has 3 N–H and O–H groups in total. The van der Waals surface area contributed by atoms with Crippen LogP contribution in [0.4, 0.5) is 5.69 Å². The molecule has 2 rings (SSSR count). The lowest BCUT2D eigenvalue weighted by Crippen LogP contribution is -2.29. The van der Waals surface area contributed by atoms with Crippen LogP contribution >= 0.6 is 11.3 Å². The van der Waals surface area contributed by atoms with Crippen LogP contribution in [0.1, 0.15) is 14.5 Å². The molecule has 6 heteroatoms. The summed E-state index contributed by atoms with van der Waals surface area (Å²) in [5.41, 5.74) is 3.14. The maximum absolute atomic E-state index is 11.4. The van der Waals surface area contributed by atoms with Gasteiger partial charge in [0, 0.05) is 11.9 Å². The summed E-state index contributed by atoms with van der Waals surface area (Å²) >= 11 is 1.43. The molecule has 0 radical (unpaired) electrons. The Morgan fingerprint density at radius 2 is 2.10 bits per heavy atom. The van der Waals surface area contributed by atoms with Crippen molar-refractivity contribution >= 4 is 22.9 Å². The van der Waals surface area contributed by atoms with Gasteiger partial charge in [-0.2, -0.15) is 0 Å². The summed E-state index contributed by atoms with van der Waals surface area (Å²) in [4.78, 5) is 15.2. The number of hydrazine groups is 1. The standard InChI is InChI=1S/C14H17N3O2S/c1-17(11-5-3-4-6-12(11)19-2)9-10-7-8-13(20-10)14(18)16-15/h3-8H,9,15H2,1-2H3,(H,16,18). The Morgan fingerprint density at radius 1 is 1.35 bits per heavy atom. The van der Waals surface area contributed by atoms with Gasteiger partial charge in [0.15, 0.2) is 0 Å².